The maximum atomic E-state index is 5.56. The molecule has 0 N–H and O–H groups in total. The van der Waals surface area contributed by atoms with Gasteiger partial charge in [-0.3, -0.25) is 4.90 Å². The van der Waals surface area contributed by atoms with Gasteiger partial charge < -0.3 is 4.74 Å². The van der Waals surface area contributed by atoms with Crippen LogP contribution in [0.1, 0.15) is 19.3 Å². The van der Waals surface area contributed by atoms with Crippen molar-refractivity contribution in [1.82, 2.24) is 19.9 Å². The summed E-state index contributed by atoms with van der Waals surface area (Å²) >= 11 is 0. The second kappa shape index (κ2) is 4.27. The average Bonchev–Trinajstić information content (AvgIpc) is 2.94. The quantitative estimate of drug-likeness (QED) is 0.844. The van der Waals surface area contributed by atoms with Crippen molar-refractivity contribution in [3.8, 4) is 0 Å². The SMILES string of the molecule is c1ccc2c(c1)nnn2C1(N2CCOCC2)[C@@H]2CCC[C@@H]21. The summed E-state index contributed by atoms with van der Waals surface area (Å²) < 4.78 is 7.80. The Balaban J connectivity index is 1.65. The van der Waals surface area contributed by atoms with Gasteiger partial charge in [0.05, 0.1) is 18.7 Å². The monoisotopic (exact) mass is 284 g/mol. The van der Waals surface area contributed by atoms with Gasteiger partial charge in [-0.25, -0.2) is 4.68 Å². The van der Waals surface area contributed by atoms with Crippen LogP contribution >= 0.6 is 0 Å². The number of ether oxygens (including phenoxy) is 1. The highest BCUT2D eigenvalue weighted by molar-refractivity contribution is 5.74. The number of benzene rings is 1. The summed E-state index contributed by atoms with van der Waals surface area (Å²) in [5.41, 5.74) is 2.27. The van der Waals surface area contributed by atoms with Crippen molar-refractivity contribution in [3.05, 3.63) is 24.3 Å². The predicted molar refractivity (Wildman–Crippen MR) is 78.7 cm³/mol. The Morgan fingerprint density at radius 1 is 1.10 bits per heavy atom. The Hall–Kier alpha value is -1.46. The molecule has 0 amide bonds. The van der Waals surface area contributed by atoms with Crippen molar-refractivity contribution in [2.24, 2.45) is 11.8 Å². The van der Waals surface area contributed by atoms with Gasteiger partial charge in [-0.1, -0.05) is 23.8 Å². The van der Waals surface area contributed by atoms with Crippen LogP contribution in [0.15, 0.2) is 24.3 Å². The lowest BCUT2D eigenvalue weighted by atomic mass is 10.1. The van der Waals surface area contributed by atoms with Crippen LogP contribution in [0.25, 0.3) is 11.0 Å². The van der Waals surface area contributed by atoms with Gasteiger partial charge in [-0.05, 0) is 25.0 Å². The molecule has 5 nitrogen and oxygen atoms in total. The molecule has 21 heavy (non-hydrogen) atoms. The number of rotatable bonds is 2. The number of hydrogen-bond donors (Lipinski definition) is 0. The van der Waals surface area contributed by atoms with Crippen molar-refractivity contribution in [1.29, 1.82) is 0 Å². The summed E-state index contributed by atoms with van der Waals surface area (Å²) in [7, 11) is 0. The first kappa shape index (κ1) is 12.1. The first-order valence-corrected chi connectivity index (χ1v) is 8.06. The van der Waals surface area contributed by atoms with Gasteiger partial charge in [0, 0.05) is 24.9 Å². The molecular weight excluding hydrogens is 264 g/mol. The van der Waals surface area contributed by atoms with Crippen molar-refractivity contribution >= 4 is 11.0 Å². The molecule has 1 aliphatic heterocycles. The van der Waals surface area contributed by atoms with E-state index in [1.54, 1.807) is 0 Å². The van der Waals surface area contributed by atoms with Gasteiger partial charge in [-0.15, -0.1) is 5.10 Å². The molecule has 5 rings (SSSR count). The summed E-state index contributed by atoms with van der Waals surface area (Å²) in [6.07, 6.45) is 4.03. The molecular formula is C16H20N4O. The molecule has 3 fully saturated rings. The van der Waals surface area contributed by atoms with E-state index in [0.29, 0.717) is 0 Å². The van der Waals surface area contributed by atoms with Crippen LogP contribution in [0.5, 0.6) is 0 Å². The number of fused-ring (bicyclic) bond motifs is 2. The standard InChI is InChI=1S/C16H20N4O/c1-2-7-15-14(6-1)17-18-20(15)16(12-4-3-5-13(12)16)19-8-10-21-11-9-19/h1-2,6-7,12-13H,3-5,8-11H2/t12-,13+,16?. The minimum Gasteiger partial charge on any atom is -0.379 e. The Bertz CT molecular complexity index is 666. The van der Waals surface area contributed by atoms with E-state index in [4.69, 9.17) is 4.74 Å². The molecule has 2 aromatic rings. The first-order valence-electron chi connectivity index (χ1n) is 8.06. The highest BCUT2D eigenvalue weighted by Crippen LogP contribution is 2.67. The van der Waals surface area contributed by atoms with Crippen LogP contribution in [0.4, 0.5) is 0 Å². The van der Waals surface area contributed by atoms with Crippen LogP contribution in [-0.2, 0) is 10.4 Å². The number of para-hydroxylation sites is 1. The maximum Gasteiger partial charge on any atom is 0.124 e. The van der Waals surface area contributed by atoms with Gasteiger partial charge in [0.25, 0.3) is 0 Å². The van der Waals surface area contributed by atoms with Crippen LogP contribution < -0.4 is 0 Å². The van der Waals surface area contributed by atoms with Gasteiger partial charge in [0.2, 0.25) is 0 Å². The fourth-order valence-corrected chi connectivity index (χ4v) is 4.86. The summed E-state index contributed by atoms with van der Waals surface area (Å²) in [5.74, 6) is 1.50. The Kier molecular flexibility index (Phi) is 2.47. The van der Waals surface area contributed by atoms with E-state index in [-0.39, 0.29) is 5.66 Å². The van der Waals surface area contributed by atoms with E-state index in [1.807, 2.05) is 6.07 Å². The van der Waals surface area contributed by atoms with Gasteiger partial charge in [0.15, 0.2) is 0 Å². The minimum absolute atomic E-state index is 0.0815. The van der Waals surface area contributed by atoms with Crippen molar-refractivity contribution in [2.75, 3.05) is 26.3 Å². The number of hydrogen-bond acceptors (Lipinski definition) is 4. The summed E-state index contributed by atoms with van der Waals surface area (Å²) in [4.78, 5) is 2.62. The van der Waals surface area contributed by atoms with E-state index in [9.17, 15) is 0 Å². The molecule has 1 aromatic heterocycles. The molecule has 5 heteroatoms. The summed E-state index contributed by atoms with van der Waals surface area (Å²) in [6, 6.07) is 8.35. The van der Waals surface area contributed by atoms with Crippen molar-refractivity contribution in [3.63, 3.8) is 0 Å². The molecule has 2 aliphatic carbocycles. The molecule has 3 atom stereocenters. The first-order chi connectivity index (χ1) is 10.4. The molecule has 0 bridgehead atoms. The highest BCUT2D eigenvalue weighted by atomic mass is 16.5. The third-order valence-electron chi connectivity index (χ3n) is 5.71. The van der Waals surface area contributed by atoms with E-state index in [2.05, 4.69) is 38.1 Å². The second-order valence-corrected chi connectivity index (χ2v) is 6.52. The Labute approximate surface area is 123 Å². The fourth-order valence-electron chi connectivity index (χ4n) is 4.86. The molecule has 0 radical (unpaired) electrons. The molecule has 1 saturated heterocycles. The topological polar surface area (TPSA) is 43.2 Å². The zero-order chi connectivity index (χ0) is 13.9. The largest absolute Gasteiger partial charge is 0.379 e. The Morgan fingerprint density at radius 2 is 1.86 bits per heavy atom. The predicted octanol–water partition coefficient (Wildman–Crippen LogP) is 1.85. The van der Waals surface area contributed by atoms with E-state index >= 15 is 0 Å². The van der Waals surface area contributed by atoms with Gasteiger partial charge in [0.1, 0.15) is 11.2 Å². The molecule has 1 unspecified atom stereocenters. The molecule has 3 aliphatic rings. The molecule has 2 saturated carbocycles. The van der Waals surface area contributed by atoms with Crippen LogP contribution in [0, 0.1) is 11.8 Å². The van der Waals surface area contributed by atoms with E-state index in [1.165, 1.54) is 24.8 Å². The molecule has 2 heterocycles. The second-order valence-electron chi connectivity index (χ2n) is 6.52. The lowest BCUT2D eigenvalue weighted by Gasteiger charge is -2.37. The average molecular weight is 284 g/mol. The Morgan fingerprint density at radius 3 is 2.67 bits per heavy atom. The third kappa shape index (κ3) is 1.48. The zero-order valence-electron chi connectivity index (χ0n) is 12.1. The van der Waals surface area contributed by atoms with Crippen LogP contribution in [0.3, 0.4) is 0 Å². The molecule has 1 aromatic carbocycles. The maximum absolute atomic E-state index is 5.56. The number of nitrogens with zero attached hydrogens (tertiary/aromatic N) is 4. The van der Waals surface area contributed by atoms with E-state index in [0.717, 1.165) is 43.7 Å². The summed E-state index contributed by atoms with van der Waals surface area (Å²) in [6.45, 7) is 3.71. The lowest BCUT2D eigenvalue weighted by molar-refractivity contribution is -0.0309. The van der Waals surface area contributed by atoms with Crippen LogP contribution in [0.2, 0.25) is 0 Å². The summed E-state index contributed by atoms with van der Waals surface area (Å²) in [5, 5.41) is 8.97. The molecule has 110 valence electrons. The zero-order valence-corrected chi connectivity index (χ0v) is 12.1. The number of morpholine rings is 1. The van der Waals surface area contributed by atoms with Gasteiger partial charge in [-0.2, -0.15) is 0 Å². The molecule has 0 spiro atoms. The highest BCUT2D eigenvalue weighted by Gasteiger charge is 2.71. The third-order valence-corrected chi connectivity index (χ3v) is 5.71. The minimum atomic E-state index is 0.0815. The van der Waals surface area contributed by atoms with Crippen molar-refractivity contribution < 1.29 is 4.74 Å². The number of aromatic nitrogens is 3. The van der Waals surface area contributed by atoms with E-state index < -0.39 is 0 Å². The lowest BCUT2D eigenvalue weighted by Crippen LogP contribution is -2.49. The normalized spacial score (nSPS) is 36.0. The van der Waals surface area contributed by atoms with Gasteiger partial charge >= 0.3 is 0 Å². The fraction of sp³-hybridized carbons (Fsp3) is 0.625. The van der Waals surface area contributed by atoms with Crippen molar-refractivity contribution in [2.45, 2.75) is 24.9 Å². The van der Waals surface area contributed by atoms with Crippen LogP contribution in [-0.4, -0.2) is 46.2 Å². The smallest absolute Gasteiger partial charge is 0.124 e.